The maximum Gasteiger partial charge on any atom is 0.0366 e. The van der Waals surface area contributed by atoms with E-state index in [1.54, 1.807) is 0 Å². The topological polar surface area (TPSA) is 3.24 Å². The zero-order chi connectivity index (χ0) is 14.8. The third kappa shape index (κ3) is 2.68. The third-order valence-corrected chi connectivity index (χ3v) is 5.05. The highest BCUT2D eigenvalue weighted by Gasteiger charge is 2.16. The first-order chi connectivity index (χ1) is 10.9. The van der Waals surface area contributed by atoms with Crippen molar-refractivity contribution in [1.82, 2.24) is 0 Å². The van der Waals surface area contributed by atoms with Crippen LogP contribution < -0.4 is 4.90 Å². The summed E-state index contributed by atoms with van der Waals surface area (Å²) in [5.41, 5.74) is 5.67. The number of nitrogens with zero attached hydrogens (tertiary/aromatic N) is 1. The molecule has 1 aliphatic carbocycles. The molecule has 2 aliphatic rings. The number of anilines is 1. The third-order valence-electron chi connectivity index (χ3n) is 5.05. The first-order valence-corrected chi connectivity index (χ1v) is 8.51. The van der Waals surface area contributed by atoms with Crippen molar-refractivity contribution in [2.75, 3.05) is 18.0 Å². The van der Waals surface area contributed by atoms with Gasteiger partial charge in [0.15, 0.2) is 0 Å². The normalized spacial score (nSPS) is 20.7. The van der Waals surface area contributed by atoms with Gasteiger partial charge in [0.25, 0.3) is 0 Å². The van der Waals surface area contributed by atoms with Gasteiger partial charge in [0.05, 0.1) is 0 Å². The average molecular weight is 289 g/mol. The molecular weight excluding hydrogens is 266 g/mol. The molecule has 2 aromatic carbocycles. The Morgan fingerprint density at radius 3 is 2.41 bits per heavy atom. The summed E-state index contributed by atoms with van der Waals surface area (Å²) in [7, 11) is 0. The van der Waals surface area contributed by atoms with Crippen LogP contribution in [-0.2, 0) is 6.42 Å². The molecule has 1 fully saturated rings. The van der Waals surface area contributed by atoms with Crippen molar-refractivity contribution in [2.24, 2.45) is 0 Å². The van der Waals surface area contributed by atoms with Crippen LogP contribution >= 0.6 is 0 Å². The number of piperidine rings is 1. The maximum atomic E-state index is 2.53. The molecule has 0 spiro atoms. The number of allylic oxidation sites excluding steroid dienone is 1. The Morgan fingerprint density at radius 1 is 0.818 bits per heavy atom. The standard InChI is InChI=1S/C21H23N/c1-4-14-22(15-5-1)21-12-10-18(11-13-21)20-9-8-17-6-2-3-7-19(17)16-20/h2-3,6-13,20H,1,4-5,14-16H2. The van der Waals surface area contributed by atoms with E-state index in [4.69, 9.17) is 0 Å². The predicted octanol–water partition coefficient (Wildman–Crippen LogP) is 5.03. The predicted molar refractivity (Wildman–Crippen MR) is 94.4 cm³/mol. The Kier molecular flexibility index (Phi) is 3.72. The minimum atomic E-state index is 0.519. The summed E-state index contributed by atoms with van der Waals surface area (Å²) in [6, 6.07) is 18.0. The van der Waals surface area contributed by atoms with Crippen molar-refractivity contribution in [3.05, 3.63) is 71.3 Å². The maximum absolute atomic E-state index is 2.53. The second-order valence-electron chi connectivity index (χ2n) is 6.51. The number of hydrogen-bond acceptors (Lipinski definition) is 1. The molecule has 0 radical (unpaired) electrons. The smallest absolute Gasteiger partial charge is 0.0366 e. The van der Waals surface area contributed by atoms with E-state index in [0.717, 1.165) is 6.42 Å². The first-order valence-electron chi connectivity index (χ1n) is 8.51. The molecule has 1 nitrogen and oxygen atoms in total. The fraction of sp³-hybridized carbons (Fsp3) is 0.333. The minimum Gasteiger partial charge on any atom is -0.372 e. The quantitative estimate of drug-likeness (QED) is 0.749. The van der Waals surface area contributed by atoms with Gasteiger partial charge in [0.2, 0.25) is 0 Å². The fourth-order valence-corrected chi connectivity index (χ4v) is 3.72. The van der Waals surface area contributed by atoms with Gasteiger partial charge >= 0.3 is 0 Å². The van der Waals surface area contributed by atoms with E-state index in [9.17, 15) is 0 Å². The van der Waals surface area contributed by atoms with Crippen LogP contribution in [0.15, 0.2) is 54.6 Å². The SMILES string of the molecule is C1=CC(c2ccc(N3CCCCC3)cc2)Cc2ccccc21. The lowest BCUT2D eigenvalue weighted by Crippen LogP contribution is -2.29. The molecule has 4 rings (SSSR count). The summed E-state index contributed by atoms with van der Waals surface area (Å²) in [4.78, 5) is 2.53. The van der Waals surface area contributed by atoms with Crippen LogP contribution in [0.2, 0.25) is 0 Å². The Morgan fingerprint density at radius 2 is 1.59 bits per heavy atom. The molecule has 0 N–H and O–H groups in total. The molecular formula is C21H23N. The van der Waals surface area contributed by atoms with E-state index in [1.165, 1.54) is 54.7 Å². The lowest BCUT2D eigenvalue weighted by Gasteiger charge is -2.29. The summed E-state index contributed by atoms with van der Waals surface area (Å²) >= 11 is 0. The van der Waals surface area contributed by atoms with Gasteiger partial charge < -0.3 is 4.90 Å². The second kappa shape index (κ2) is 6.00. The van der Waals surface area contributed by atoms with Crippen molar-refractivity contribution >= 4 is 11.8 Å². The molecule has 1 aliphatic heterocycles. The Balaban J connectivity index is 1.52. The molecule has 1 heteroatoms. The molecule has 22 heavy (non-hydrogen) atoms. The van der Waals surface area contributed by atoms with Crippen LogP contribution in [-0.4, -0.2) is 13.1 Å². The number of benzene rings is 2. The molecule has 1 saturated heterocycles. The molecule has 1 heterocycles. The minimum absolute atomic E-state index is 0.519. The number of rotatable bonds is 2. The summed E-state index contributed by atoms with van der Waals surface area (Å²) in [5.74, 6) is 0.519. The Hall–Kier alpha value is -2.02. The highest BCUT2D eigenvalue weighted by atomic mass is 15.1. The molecule has 0 amide bonds. The van der Waals surface area contributed by atoms with Crippen LogP contribution in [0.1, 0.15) is 41.9 Å². The zero-order valence-electron chi connectivity index (χ0n) is 13.0. The Labute approximate surface area is 133 Å². The van der Waals surface area contributed by atoms with Crippen LogP contribution in [0.25, 0.3) is 6.08 Å². The monoisotopic (exact) mass is 289 g/mol. The molecule has 2 aromatic rings. The number of fused-ring (bicyclic) bond motifs is 1. The average Bonchev–Trinajstić information content (AvgIpc) is 2.62. The largest absolute Gasteiger partial charge is 0.372 e. The summed E-state index contributed by atoms with van der Waals surface area (Å²) < 4.78 is 0. The van der Waals surface area contributed by atoms with Crippen molar-refractivity contribution in [3.63, 3.8) is 0 Å². The molecule has 0 saturated carbocycles. The van der Waals surface area contributed by atoms with Crippen molar-refractivity contribution in [2.45, 2.75) is 31.6 Å². The van der Waals surface area contributed by atoms with E-state index in [0.29, 0.717) is 5.92 Å². The highest BCUT2D eigenvalue weighted by molar-refractivity contribution is 5.59. The summed E-state index contributed by atoms with van der Waals surface area (Å²) in [6.07, 6.45) is 9.82. The van der Waals surface area contributed by atoms with E-state index < -0.39 is 0 Å². The lowest BCUT2D eigenvalue weighted by atomic mass is 9.85. The van der Waals surface area contributed by atoms with Crippen molar-refractivity contribution < 1.29 is 0 Å². The van der Waals surface area contributed by atoms with E-state index in [2.05, 4.69) is 65.6 Å². The van der Waals surface area contributed by atoms with Gasteiger partial charge in [0, 0.05) is 24.7 Å². The van der Waals surface area contributed by atoms with Crippen LogP contribution in [0.5, 0.6) is 0 Å². The molecule has 112 valence electrons. The molecule has 0 aromatic heterocycles. The van der Waals surface area contributed by atoms with Crippen molar-refractivity contribution in [3.8, 4) is 0 Å². The Bertz CT molecular complexity index is 663. The van der Waals surface area contributed by atoms with Crippen LogP contribution in [0.3, 0.4) is 0 Å². The van der Waals surface area contributed by atoms with Gasteiger partial charge in [-0.1, -0.05) is 48.6 Å². The molecule has 1 atom stereocenters. The second-order valence-corrected chi connectivity index (χ2v) is 6.51. The van der Waals surface area contributed by atoms with E-state index in [-0.39, 0.29) is 0 Å². The van der Waals surface area contributed by atoms with Gasteiger partial charge in [-0.2, -0.15) is 0 Å². The lowest BCUT2D eigenvalue weighted by molar-refractivity contribution is 0.578. The van der Waals surface area contributed by atoms with Gasteiger partial charge in [-0.25, -0.2) is 0 Å². The van der Waals surface area contributed by atoms with Gasteiger partial charge in [-0.15, -0.1) is 0 Å². The van der Waals surface area contributed by atoms with Gasteiger partial charge in [0.1, 0.15) is 0 Å². The van der Waals surface area contributed by atoms with Crippen LogP contribution in [0.4, 0.5) is 5.69 Å². The van der Waals surface area contributed by atoms with E-state index >= 15 is 0 Å². The molecule has 0 bridgehead atoms. The summed E-state index contributed by atoms with van der Waals surface area (Å²) in [5, 5.41) is 0. The number of hydrogen-bond donors (Lipinski definition) is 0. The van der Waals surface area contributed by atoms with E-state index in [1.807, 2.05) is 0 Å². The first kappa shape index (κ1) is 13.6. The molecule has 1 unspecified atom stereocenters. The highest BCUT2D eigenvalue weighted by Crippen LogP contribution is 2.31. The van der Waals surface area contributed by atoms with Gasteiger partial charge in [-0.3, -0.25) is 0 Å². The summed E-state index contributed by atoms with van der Waals surface area (Å²) in [6.45, 7) is 2.44. The zero-order valence-corrected chi connectivity index (χ0v) is 13.0. The van der Waals surface area contributed by atoms with Crippen molar-refractivity contribution in [1.29, 1.82) is 0 Å². The van der Waals surface area contributed by atoms with Crippen LogP contribution in [0, 0.1) is 0 Å². The fourth-order valence-electron chi connectivity index (χ4n) is 3.72. The van der Waals surface area contributed by atoms with Gasteiger partial charge in [-0.05, 0) is 54.5 Å².